The molecule has 234 valence electrons. The van der Waals surface area contributed by atoms with Gasteiger partial charge in [0, 0.05) is 23.7 Å². The summed E-state index contributed by atoms with van der Waals surface area (Å²) >= 11 is 0. The predicted octanol–water partition coefficient (Wildman–Crippen LogP) is 4.71. The second kappa shape index (κ2) is 11.3. The maximum atomic E-state index is 14.8. The van der Waals surface area contributed by atoms with Gasteiger partial charge in [0.15, 0.2) is 17.5 Å². The van der Waals surface area contributed by atoms with Crippen LogP contribution in [0.25, 0.3) is 0 Å². The topological polar surface area (TPSA) is 130 Å². The van der Waals surface area contributed by atoms with Crippen LogP contribution in [0.5, 0.6) is 0 Å². The van der Waals surface area contributed by atoms with Crippen LogP contribution in [0, 0.1) is 28.6 Å². The summed E-state index contributed by atoms with van der Waals surface area (Å²) in [7, 11) is 0. The third-order valence-corrected chi connectivity index (χ3v) is 11.0. The number of benzene rings is 1. The lowest BCUT2D eigenvalue weighted by atomic mass is 9.59. The van der Waals surface area contributed by atoms with Crippen molar-refractivity contribution in [3.8, 4) is 0 Å². The van der Waals surface area contributed by atoms with Gasteiger partial charge in [-0.15, -0.1) is 0 Å². The molecular weight excluding hydrogens is 548 g/mol. The molecule has 1 spiro atoms. The summed E-state index contributed by atoms with van der Waals surface area (Å²) in [6, 6.07) is 8.33. The Hall–Kier alpha value is -2.81. The van der Waals surface area contributed by atoms with Gasteiger partial charge in [0.2, 0.25) is 0 Å². The van der Waals surface area contributed by atoms with Gasteiger partial charge < -0.3 is 24.8 Å². The van der Waals surface area contributed by atoms with E-state index in [4.69, 9.17) is 9.47 Å². The number of aliphatic hydroxyl groups excluding tert-OH is 2. The van der Waals surface area contributed by atoms with Crippen molar-refractivity contribution in [1.29, 1.82) is 0 Å². The highest BCUT2D eigenvalue weighted by Crippen LogP contribution is 2.75. The molecule has 2 bridgehead atoms. The van der Waals surface area contributed by atoms with Gasteiger partial charge in [-0.2, -0.15) is 0 Å². The first-order chi connectivity index (χ1) is 20.3. The van der Waals surface area contributed by atoms with Crippen LogP contribution in [0.2, 0.25) is 0 Å². The Morgan fingerprint density at radius 1 is 1.07 bits per heavy atom. The standard InChI is InChI=1S/C35H46O8/c1-6-7-8-9-13-16-26(37)43-34-19-22(3)33-18-21(2)30(42-31(40)23-14-11-10-12-15-23)35(33,41)28(38)24(20-36)17-25(29(33)39)27(34)32(34,4)5/h10-12,14-15,17-18,22,25,27-28,30,36,38,41H,6-9,13,16,19-20H2,1-5H3. The molecule has 1 aromatic rings. The van der Waals surface area contributed by atoms with Gasteiger partial charge in [0.05, 0.1) is 17.6 Å². The Morgan fingerprint density at radius 3 is 2.40 bits per heavy atom. The predicted molar refractivity (Wildman–Crippen MR) is 160 cm³/mol. The Bertz CT molecular complexity index is 1330. The molecule has 8 heteroatoms. The number of hydrogen-bond donors (Lipinski definition) is 3. The van der Waals surface area contributed by atoms with Crippen LogP contribution in [0.15, 0.2) is 53.6 Å². The van der Waals surface area contributed by atoms with Gasteiger partial charge in [-0.3, -0.25) is 9.59 Å². The van der Waals surface area contributed by atoms with Crippen molar-refractivity contribution in [2.24, 2.45) is 28.6 Å². The SMILES string of the molecule is CCCCCCCC(=O)OC12CC(C)C34C=C(C)C(OC(=O)c5ccccc5)C3(O)C(O)C(CO)=CC(C4=O)C1C2(C)C. The Morgan fingerprint density at radius 2 is 1.74 bits per heavy atom. The third-order valence-electron chi connectivity index (χ3n) is 11.0. The first kappa shape index (κ1) is 31.6. The second-order valence-corrected chi connectivity index (χ2v) is 13.8. The monoisotopic (exact) mass is 594 g/mol. The van der Waals surface area contributed by atoms with Crippen LogP contribution in [-0.2, 0) is 19.1 Å². The van der Waals surface area contributed by atoms with Crippen molar-refractivity contribution >= 4 is 17.7 Å². The van der Waals surface area contributed by atoms with Crippen LogP contribution in [0.4, 0.5) is 0 Å². The van der Waals surface area contributed by atoms with Crippen LogP contribution in [0.1, 0.15) is 89.9 Å². The summed E-state index contributed by atoms with van der Waals surface area (Å²) in [6.07, 6.45) is 5.76. The van der Waals surface area contributed by atoms with Gasteiger partial charge in [-0.25, -0.2) is 4.79 Å². The number of fused-ring (bicyclic) bond motifs is 3. The Labute approximate surface area is 254 Å². The van der Waals surface area contributed by atoms with Crippen LogP contribution in [0.3, 0.4) is 0 Å². The molecule has 0 radical (unpaired) electrons. The van der Waals surface area contributed by atoms with Gasteiger partial charge in [-0.05, 0) is 49.0 Å². The molecule has 0 aliphatic heterocycles. The lowest BCUT2D eigenvalue weighted by Gasteiger charge is -2.49. The lowest BCUT2D eigenvalue weighted by Crippen LogP contribution is -2.66. The minimum atomic E-state index is -2.28. The normalized spacial score (nSPS) is 37.2. The Kier molecular flexibility index (Phi) is 8.29. The zero-order valence-electron chi connectivity index (χ0n) is 26.0. The highest BCUT2D eigenvalue weighted by Gasteiger charge is 2.83. The molecule has 8 atom stereocenters. The largest absolute Gasteiger partial charge is 0.458 e. The zero-order valence-corrected chi connectivity index (χ0v) is 26.0. The number of esters is 2. The van der Waals surface area contributed by atoms with Crippen molar-refractivity contribution in [1.82, 2.24) is 0 Å². The average Bonchev–Trinajstić information content (AvgIpc) is 3.37. The maximum absolute atomic E-state index is 14.8. The molecule has 8 unspecified atom stereocenters. The van der Waals surface area contributed by atoms with Gasteiger partial charge in [-0.1, -0.05) is 83.7 Å². The lowest BCUT2D eigenvalue weighted by molar-refractivity contribution is -0.192. The van der Waals surface area contributed by atoms with Crippen molar-refractivity contribution in [3.05, 3.63) is 59.2 Å². The number of ketones is 1. The number of hydrogen-bond acceptors (Lipinski definition) is 8. The molecule has 0 heterocycles. The number of carbonyl (C=O) groups is 3. The summed E-state index contributed by atoms with van der Waals surface area (Å²) in [5.74, 6) is -3.17. The van der Waals surface area contributed by atoms with Crippen molar-refractivity contribution < 1.29 is 39.2 Å². The molecule has 5 rings (SSSR count). The highest BCUT2D eigenvalue weighted by molar-refractivity contribution is 5.96. The summed E-state index contributed by atoms with van der Waals surface area (Å²) in [6.45, 7) is 9.03. The zero-order chi connectivity index (χ0) is 31.4. The smallest absolute Gasteiger partial charge is 0.338 e. The van der Waals surface area contributed by atoms with E-state index in [0.717, 1.165) is 32.1 Å². The van der Waals surface area contributed by atoms with Crippen LogP contribution in [-0.4, -0.2) is 63.1 Å². The molecule has 4 aliphatic rings. The number of aliphatic hydroxyl groups is 3. The number of ether oxygens (including phenoxy) is 2. The average molecular weight is 595 g/mol. The van der Waals surface area contributed by atoms with E-state index < -0.39 is 64.6 Å². The molecule has 3 N–H and O–H groups in total. The minimum absolute atomic E-state index is 0.0829. The highest BCUT2D eigenvalue weighted by atomic mass is 16.6. The molecule has 43 heavy (non-hydrogen) atoms. The summed E-state index contributed by atoms with van der Waals surface area (Å²) in [5.41, 5.74) is -4.66. The van der Waals surface area contributed by atoms with E-state index in [9.17, 15) is 29.7 Å². The van der Waals surface area contributed by atoms with Gasteiger partial charge >= 0.3 is 11.9 Å². The summed E-state index contributed by atoms with van der Waals surface area (Å²) in [5, 5.41) is 34.9. The number of rotatable bonds is 10. The van der Waals surface area contributed by atoms with E-state index in [1.165, 1.54) is 0 Å². The molecule has 0 aromatic heterocycles. The van der Waals surface area contributed by atoms with E-state index in [2.05, 4.69) is 6.92 Å². The Balaban J connectivity index is 1.54. The number of Topliss-reactive ketones (excluding diaryl/α,β-unsaturated/α-hetero) is 1. The van der Waals surface area contributed by atoms with E-state index in [0.29, 0.717) is 12.0 Å². The molecule has 0 amide bonds. The molecular formula is C35H46O8. The first-order valence-corrected chi connectivity index (χ1v) is 15.8. The van der Waals surface area contributed by atoms with E-state index in [-0.39, 0.29) is 29.3 Å². The fourth-order valence-electron chi connectivity index (χ4n) is 8.77. The van der Waals surface area contributed by atoms with Crippen LogP contribution >= 0.6 is 0 Å². The summed E-state index contributed by atoms with van der Waals surface area (Å²) < 4.78 is 12.2. The second-order valence-electron chi connectivity index (χ2n) is 13.8. The van der Waals surface area contributed by atoms with Gasteiger partial charge in [0.25, 0.3) is 0 Å². The molecule has 4 aliphatic carbocycles. The van der Waals surface area contributed by atoms with Gasteiger partial charge in [0.1, 0.15) is 11.7 Å². The van der Waals surface area contributed by atoms with E-state index in [1.54, 1.807) is 49.4 Å². The minimum Gasteiger partial charge on any atom is -0.458 e. The molecule has 2 fully saturated rings. The summed E-state index contributed by atoms with van der Waals surface area (Å²) in [4.78, 5) is 41.3. The van der Waals surface area contributed by atoms with Crippen LogP contribution < -0.4 is 0 Å². The molecule has 1 aromatic carbocycles. The van der Waals surface area contributed by atoms with Crippen molar-refractivity contribution in [2.75, 3.05) is 6.61 Å². The molecule has 8 nitrogen and oxygen atoms in total. The first-order valence-electron chi connectivity index (χ1n) is 15.8. The van der Waals surface area contributed by atoms with Crippen molar-refractivity contribution in [3.63, 3.8) is 0 Å². The number of allylic oxidation sites excluding steroid dienone is 1. The third kappa shape index (κ3) is 4.55. The molecule has 2 saturated carbocycles. The fourth-order valence-corrected chi connectivity index (χ4v) is 8.77. The van der Waals surface area contributed by atoms with Crippen molar-refractivity contribution in [2.45, 2.75) is 103 Å². The fraction of sp³-hybridized carbons (Fsp3) is 0.629. The van der Waals surface area contributed by atoms with E-state index in [1.807, 2.05) is 20.8 Å². The number of carbonyl (C=O) groups excluding carboxylic acids is 3. The van der Waals surface area contributed by atoms with E-state index >= 15 is 0 Å². The molecule has 0 saturated heterocycles. The quantitative estimate of drug-likeness (QED) is 0.202. The number of unbranched alkanes of at least 4 members (excludes halogenated alkanes) is 4. The maximum Gasteiger partial charge on any atom is 0.338 e.